The fourth-order valence-corrected chi connectivity index (χ4v) is 4.54. The lowest BCUT2D eigenvalue weighted by Crippen LogP contribution is -2.51. The number of ether oxygens (including phenoxy) is 1. The molecule has 0 spiro atoms. The molecule has 0 radical (unpaired) electrons. The van der Waals surface area contributed by atoms with Gasteiger partial charge in [0.1, 0.15) is 6.20 Å². The summed E-state index contributed by atoms with van der Waals surface area (Å²) in [5, 5.41) is 11.4. The summed E-state index contributed by atoms with van der Waals surface area (Å²) < 4.78 is 12.8. The number of rotatable bonds is 4. The maximum atomic E-state index is 11.3. The van der Waals surface area contributed by atoms with Crippen LogP contribution in [-0.4, -0.2) is 30.4 Å². The molecule has 0 aliphatic carbocycles. The third kappa shape index (κ3) is 4.27. The number of nitrogens with zero attached hydrogens (tertiary/aromatic N) is 2. The van der Waals surface area contributed by atoms with Crippen LogP contribution in [0.3, 0.4) is 0 Å². The van der Waals surface area contributed by atoms with E-state index >= 15 is 0 Å². The molecule has 0 bridgehead atoms. The first-order valence-electron chi connectivity index (χ1n) is 8.85. The molecule has 1 aromatic heterocycles. The Balaban J connectivity index is 2.19. The largest absolute Gasteiger partial charge is 0.411 e. The molecule has 0 N–H and O–H groups in total. The van der Waals surface area contributed by atoms with E-state index in [4.69, 9.17) is 9.16 Å². The van der Waals surface area contributed by atoms with Gasteiger partial charge in [0.05, 0.1) is 28.8 Å². The SMILES string of the molecule is C[C@H]1C[C@H](c2ccncc2[N+](=O)[O-])O[C@H](C)[C@H]1O[Si](C)(C)C(C)(C)C. The van der Waals surface area contributed by atoms with Gasteiger partial charge in [-0.3, -0.25) is 15.1 Å². The van der Waals surface area contributed by atoms with Crippen molar-refractivity contribution in [3.63, 3.8) is 0 Å². The summed E-state index contributed by atoms with van der Waals surface area (Å²) in [5.74, 6) is 0.260. The molecule has 25 heavy (non-hydrogen) atoms. The highest BCUT2D eigenvalue weighted by Gasteiger charge is 2.44. The Morgan fingerprint density at radius 3 is 2.52 bits per heavy atom. The fraction of sp³-hybridized carbons (Fsp3) is 0.722. The van der Waals surface area contributed by atoms with E-state index in [0.717, 1.165) is 0 Å². The first-order valence-corrected chi connectivity index (χ1v) is 11.8. The van der Waals surface area contributed by atoms with Crippen LogP contribution in [0.2, 0.25) is 18.1 Å². The topological polar surface area (TPSA) is 74.5 Å². The zero-order valence-electron chi connectivity index (χ0n) is 16.3. The molecule has 0 amide bonds. The maximum Gasteiger partial charge on any atom is 0.293 e. The highest BCUT2D eigenvalue weighted by atomic mass is 28.4. The first kappa shape index (κ1) is 20.0. The van der Waals surface area contributed by atoms with Crippen molar-refractivity contribution in [2.24, 2.45) is 5.92 Å². The van der Waals surface area contributed by atoms with Crippen molar-refractivity contribution in [2.45, 2.75) is 77.5 Å². The van der Waals surface area contributed by atoms with E-state index in [-0.39, 0.29) is 39.9 Å². The molecule has 0 saturated carbocycles. The van der Waals surface area contributed by atoms with Gasteiger partial charge in [-0.1, -0.05) is 27.7 Å². The summed E-state index contributed by atoms with van der Waals surface area (Å²) in [5.41, 5.74) is 0.625. The van der Waals surface area contributed by atoms with Crippen molar-refractivity contribution >= 4 is 14.0 Å². The minimum atomic E-state index is -1.90. The minimum Gasteiger partial charge on any atom is -0.411 e. The molecule has 7 heteroatoms. The molecule has 6 nitrogen and oxygen atoms in total. The van der Waals surface area contributed by atoms with Gasteiger partial charge in [-0.15, -0.1) is 0 Å². The number of hydrogen-bond acceptors (Lipinski definition) is 5. The maximum absolute atomic E-state index is 11.3. The van der Waals surface area contributed by atoms with Crippen LogP contribution in [0.5, 0.6) is 0 Å². The summed E-state index contributed by atoms with van der Waals surface area (Å²) in [6.45, 7) is 15.3. The van der Waals surface area contributed by atoms with Crippen LogP contribution >= 0.6 is 0 Å². The van der Waals surface area contributed by atoms with Crippen LogP contribution in [0.1, 0.15) is 52.7 Å². The molecule has 1 aliphatic heterocycles. The van der Waals surface area contributed by atoms with Crippen molar-refractivity contribution in [1.82, 2.24) is 4.98 Å². The molecule has 140 valence electrons. The molecule has 2 rings (SSSR count). The van der Waals surface area contributed by atoms with Gasteiger partial charge in [0, 0.05) is 6.20 Å². The smallest absolute Gasteiger partial charge is 0.293 e. The van der Waals surface area contributed by atoms with E-state index in [2.05, 4.69) is 45.8 Å². The lowest BCUT2D eigenvalue weighted by atomic mass is 9.88. The lowest BCUT2D eigenvalue weighted by Gasteiger charge is -2.46. The fourth-order valence-electron chi connectivity index (χ4n) is 3.08. The Kier molecular flexibility index (Phi) is 5.70. The molecule has 1 aromatic rings. The normalized spacial score (nSPS) is 28.0. The molecule has 1 aliphatic rings. The number of aromatic nitrogens is 1. The van der Waals surface area contributed by atoms with Gasteiger partial charge in [0.2, 0.25) is 0 Å². The Hall–Kier alpha value is -1.31. The summed E-state index contributed by atoms with van der Waals surface area (Å²) in [6.07, 6.45) is 3.18. The van der Waals surface area contributed by atoms with Gasteiger partial charge in [-0.25, -0.2) is 0 Å². The predicted octanol–water partition coefficient (Wildman–Crippen LogP) is 4.87. The third-order valence-corrected chi connectivity index (χ3v) is 10.1. The average Bonchev–Trinajstić information content (AvgIpc) is 2.49. The van der Waals surface area contributed by atoms with E-state index < -0.39 is 8.32 Å². The lowest BCUT2D eigenvalue weighted by molar-refractivity contribution is -0.386. The van der Waals surface area contributed by atoms with E-state index in [1.165, 1.54) is 6.20 Å². The Bertz CT molecular complexity index is 618. The monoisotopic (exact) mass is 366 g/mol. The standard InChI is InChI=1S/C18H30N2O4Si/c1-12-10-16(14-8-9-19-11-15(14)20(21)22)23-13(2)17(12)24-25(6,7)18(3,4)5/h8-9,11-13,16-17H,10H2,1-7H3/t12-,13+,16+,17-/m0/s1. The van der Waals surface area contributed by atoms with Crippen molar-refractivity contribution in [3.05, 3.63) is 34.1 Å². The van der Waals surface area contributed by atoms with Gasteiger partial charge in [0.15, 0.2) is 8.32 Å². The van der Waals surface area contributed by atoms with Gasteiger partial charge >= 0.3 is 0 Å². The van der Waals surface area contributed by atoms with Gasteiger partial charge < -0.3 is 9.16 Å². The highest BCUT2D eigenvalue weighted by Crippen LogP contribution is 2.43. The van der Waals surface area contributed by atoms with Crippen molar-refractivity contribution in [3.8, 4) is 0 Å². The molecule has 2 heterocycles. The van der Waals surface area contributed by atoms with E-state index in [0.29, 0.717) is 12.0 Å². The molecule has 4 atom stereocenters. The molecular weight excluding hydrogens is 336 g/mol. The second-order valence-electron chi connectivity index (χ2n) is 8.58. The van der Waals surface area contributed by atoms with Crippen LogP contribution in [0.15, 0.2) is 18.5 Å². The Labute approximate surface area is 151 Å². The Morgan fingerprint density at radius 1 is 1.36 bits per heavy atom. The van der Waals surface area contributed by atoms with Gasteiger partial charge in [-0.2, -0.15) is 0 Å². The van der Waals surface area contributed by atoms with E-state index in [1.807, 2.05) is 6.92 Å². The van der Waals surface area contributed by atoms with Crippen LogP contribution in [0.25, 0.3) is 0 Å². The number of hydrogen-bond donors (Lipinski definition) is 0. The molecular formula is C18H30N2O4Si. The van der Waals surface area contributed by atoms with Gasteiger partial charge in [0.25, 0.3) is 5.69 Å². The zero-order chi connectivity index (χ0) is 19.0. The van der Waals surface area contributed by atoms with E-state index in [9.17, 15) is 10.1 Å². The third-order valence-electron chi connectivity index (χ3n) is 5.60. The average molecular weight is 367 g/mol. The van der Waals surface area contributed by atoms with E-state index in [1.54, 1.807) is 12.3 Å². The number of pyridine rings is 1. The van der Waals surface area contributed by atoms with Crippen molar-refractivity contribution in [2.75, 3.05) is 0 Å². The van der Waals surface area contributed by atoms with Crippen LogP contribution in [-0.2, 0) is 9.16 Å². The second kappa shape index (κ2) is 7.13. The van der Waals surface area contributed by atoms with Crippen LogP contribution in [0, 0.1) is 16.0 Å². The summed E-state index contributed by atoms with van der Waals surface area (Å²) >= 11 is 0. The summed E-state index contributed by atoms with van der Waals surface area (Å²) in [4.78, 5) is 14.8. The number of nitro groups is 1. The summed E-state index contributed by atoms with van der Waals surface area (Å²) in [6, 6.07) is 1.69. The Morgan fingerprint density at radius 2 is 2.00 bits per heavy atom. The summed E-state index contributed by atoms with van der Waals surface area (Å²) in [7, 11) is -1.90. The van der Waals surface area contributed by atoms with Crippen molar-refractivity contribution < 1.29 is 14.1 Å². The first-order chi connectivity index (χ1) is 11.4. The second-order valence-corrected chi connectivity index (χ2v) is 13.3. The highest BCUT2D eigenvalue weighted by molar-refractivity contribution is 6.74. The molecule has 0 aromatic carbocycles. The van der Waals surface area contributed by atoms with Crippen molar-refractivity contribution in [1.29, 1.82) is 0 Å². The van der Waals surface area contributed by atoms with Gasteiger partial charge in [-0.05, 0) is 43.5 Å². The minimum absolute atomic E-state index is 0.0121. The molecule has 1 saturated heterocycles. The predicted molar refractivity (Wildman–Crippen MR) is 100 cm³/mol. The molecule has 0 unspecified atom stereocenters. The molecule has 1 fully saturated rings. The quantitative estimate of drug-likeness (QED) is 0.432. The van der Waals surface area contributed by atoms with Crippen LogP contribution < -0.4 is 0 Å². The zero-order valence-corrected chi connectivity index (χ0v) is 17.3. The van der Waals surface area contributed by atoms with Crippen LogP contribution in [0.4, 0.5) is 5.69 Å².